The van der Waals surface area contributed by atoms with Crippen molar-refractivity contribution >= 4 is 22.7 Å². The Balaban J connectivity index is 2.09. The molecule has 0 fully saturated rings. The summed E-state index contributed by atoms with van der Waals surface area (Å²) in [7, 11) is 0. The number of nitrogens with zero attached hydrogens (tertiary/aromatic N) is 2. The average Bonchev–Trinajstić information content (AvgIpc) is 2.80. The van der Waals surface area contributed by atoms with Crippen LogP contribution >= 0.6 is 0 Å². The van der Waals surface area contributed by atoms with Gasteiger partial charge in [-0.1, -0.05) is 12.1 Å². The molecule has 2 aromatic rings. The van der Waals surface area contributed by atoms with Gasteiger partial charge < -0.3 is 5.32 Å². The van der Waals surface area contributed by atoms with Crippen molar-refractivity contribution < 1.29 is 9.59 Å². The predicted molar refractivity (Wildman–Crippen MR) is 77.6 cm³/mol. The van der Waals surface area contributed by atoms with Gasteiger partial charge in [0, 0.05) is 24.3 Å². The summed E-state index contributed by atoms with van der Waals surface area (Å²) in [6.07, 6.45) is 2.03. The molecule has 0 radical (unpaired) electrons. The Morgan fingerprint density at radius 1 is 1.30 bits per heavy atom. The third kappa shape index (κ3) is 3.04. The monoisotopic (exact) mass is 273 g/mol. The Hall–Kier alpha value is -2.17. The number of carbonyl (C=O) groups excluding carboxylic acids is 2. The van der Waals surface area contributed by atoms with Crippen molar-refractivity contribution in [1.82, 2.24) is 15.1 Å². The van der Waals surface area contributed by atoms with Gasteiger partial charge in [-0.05, 0) is 32.4 Å². The molecule has 1 N–H and O–H groups in total. The van der Waals surface area contributed by atoms with Crippen molar-refractivity contribution in [3.8, 4) is 0 Å². The predicted octanol–water partition coefficient (Wildman–Crippen LogP) is 2.29. The SMILES string of the molecule is Cc1cccc2c1cnn2C(=O)CCC(=O)NC(C)C. The fourth-order valence-corrected chi connectivity index (χ4v) is 2.11. The van der Waals surface area contributed by atoms with Gasteiger partial charge in [0.1, 0.15) is 0 Å². The van der Waals surface area contributed by atoms with E-state index in [0.717, 1.165) is 16.5 Å². The van der Waals surface area contributed by atoms with Crippen molar-refractivity contribution in [2.24, 2.45) is 0 Å². The van der Waals surface area contributed by atoms with Gasteiger partial charge in [0.25, 0.3) is 0 Å². The molecule has 2 rings (SSSR count). The fourth-order valence-electron chi connectivity index (χ4n) is 2.11. The topological polar surface area (TPSA) is 64.0 Å². The van der Waals surface area contributed by atoms with Crippen molar-refractivity contribution in [2.75, 3.05) is 0 Å². The lowest BCUT2D eigenvalue weighted by molar-refractivity contribution is -0.121. The maximum Gasteiger partial charge on any atom is 0.247 e. The van der Waals surface area contributed by atoms with Crippen LogP contribution in [0.25, 0.3) is 10.9 Å². The Morgan fingerprint density at radius 2 is 2.05 bits per heavy atom. The number of fused-ring (bicyclic) bond motifs is 1. The molecule has 106 valence electrons. The summed E-state index contributed by atoms with van der Waals surface area (Å²) in [5.41, 5.74) is 1.87. The smallest absolute Gasteiger partial charge is 0.247 e. The molecule has 5 heteroatoms. The molecule has 0 aliphatic rings. The number of aromatic nitrogens is 2. The molecular formula is C15H19N3O2. The highest BCUT2D eigenvalue weighted by molar-refractivity contribution is 5.93. The van der Waals surface area contributed by atoms with Crippen LogP contribution in [0.3, 0.4) is 0 Å². The van der Waals surface area contributed by atoms with Crippen molar-refractivity contribution in [2.45, 2.75) is 39.7 Å². The van der Waals surface area contributed by atoms with E-state index in [4.69, 9.17) is 0 Å². The second-order valence-corrected chi connectivity index (χ2v) is 5.18. The highest BCUT2D eigenvalue weighted by Crippen LogP contribution is 2.17. The second kappa shape index (κ2) is 5.86. The minimum atomic E-state index is -0.162. The first-order valence-corrected chi connectivity index (χ1v) is 6.75. The summed E-state index contributed by atoms with van der Waals surface area (Å²) in [5, 5.41) is 7.86. The lowest BCUT2D eigenvalue weighted by Gasteiger charge is -2.08. The van der Waals surface area contributed by atoms with Gasteiger partial charge in [-0.15, -0.1) is 0 Å². The molecule has 0 spiro atoms. The number of aryl methyl sites for hydroxylation is 1. The van der Waals surface area contributed by atoms with Crippen LogP contribution in [-0.4, -0.2) is 27.6 Å². The van der Waals surface area contributed by atoms with Crippen LogP contribution in [0.1, 0.15) is 37.0 Å². The Morgan fingerprint density at radius 3 is 2.75 bits per heavy atom. The van der Waals surface area contributed by atoms with Crippen LogP contribution in [-0.2, 0) is 4.79 Å². The summed E-state index contributed by atoms with van der Waals surface area (Å²) in [6.45, 7) is 5.77. The van der Waals surface area contributed by atoms with E-state index in [1.165, 1.54) is 4.68 Å². The molecule has 0 bridgehead atoms. The third-order valence-electron chi connectivity index (χ3n) is 3.08. The van der Waals surface area contributed by atoms with Gasteiger partial charge >= 0.3 is 0 Å². The summed E-state index contributed by atoms with van der Waals surface area (Å²) in [6, 6.07) is 5.83. The van der Waals surface area contributed by atoms with Crippen molar-refractivity contribution in [3.63, 3.8) is 0 Å². The Bertz CT molecular complexity index is 644. The molecule has 0 saturated heterocycles. The number of rotatable bonds is 4. The highest BCUT2D eigenvalue weighted by atomic mass is 16.2. The molecule has 1 aromatic heterocycles. The van der Waals surface area contributed by atoms with E-state index in [0.29, 0.717) is 0 Å². The second-order valence-electron chi connectivity index (χ2n) is 5.18. The molecule has 1 amide bonds. The zero-order valence-corrected chi connectivity index (χ0v) is 12.0. The van der Waals surface area contributed by atoms with E-state index >= 15 is 0 Å². The van der Waals surface area contributed by atoms with Crippen LogP contribution in [0.2, 0.25) is 0 Å². The maximum atomic E-state index is 12.1. The Kier molecular flexibility index (Phi) is 4.17. The van der Waals surface area contributed by atoms with Crippen LogP contribution in [0.5, 0.6) is 0 Å². The van der Waals surface area contributed by atoms with Crippen LogP contribution < -0.4 is 5.32 Å². The molecule has 0 unspecified atom stereocenters. The summed E-state index contributed by atoms with van der Waals surface area (Å²) >= 11 is 0. The molecular weight excluding hydrogens is 254 g/mol. The highest BCUT2D eigenvalue weighted by Gasteiger charge is 2.13. The first-order chi connectivity index (χ1) is 9.49. The van der Waals surface area contributed by atoms with E-state index in [9.17, 15) is 9.59 Å². The van der Waals surface area contributed by atoms with E-state index in [1.54, 1.807) is 6.20 Å². The summed E-state index contributed by atoms with van der Waals surface area (Å²) in [4.78, 5) is 23.7. The summed E-state index contributed by atoms with van der Waals surface area (Å²) in [5.74, 6) is -0.273. The zero-order valence-electron chi connectivity index (χ0n) is 12.0. The number of benzene rings is 1. The minimum Gasteiger partial charge on any atom is -0.354 e. The fraction of sp³-hybridized carbons (Fsp3) is 0.400. The van der Waals surface area contributed by atoms with Crippen LogP contribution in [0, 0.1) is 6.92 Å². The normalized spacial score (nSPS) is 11.0. The lowest BCUT2D eigenvalue weighted by Crippen LogP contribution is -2.30. The van der Waals surface area contributed by atoms with Crippen LogP contribution in [0.4, 0.5) is 0 Å². The molecule has 20 heavy (non-hydrogen) atoms. The third-order valence-corrected chi connectivity index (χ3v) is 3.08. The molecule has 0 aliphatic heterocycles. The van der Waals surface area contributed by atoms with Gasteiger partial charge in [-0.2, -0.15) is 5.10 Å². The van der Waals surface area contributed by atoms with E-state index in [2.05, 4.69) is 10.4 Å². The molecule has 0 atom stereocenters. The lowest BCUT2D eigenvalue weighted by atomic mass is 10.1. The van der Waals surface area contributed by atoms with Gasteiger partial charge in [0.05, 0.1) is 11.7 Å². The van der Waals surface area contributed by atoms with E-state index < -0.39 is 0 Å². The number of carbonyl (C=O) groups is 2. The van der Waals surface area contributed by atoms with Gasteiger partial charge in [-0.3, -0.25) is 9.59 Å². The minimum absolute atomic E-state index is 0.0887. The first kappa shape index (κ1) is 14.2. The van der Waals surface area contributed by atoms with Gasteiger partial charge in [0.2, 0.25) is 11.8 Å². The van der Waals surface area contributed by atoms with Crippen molar-refractivity contribution in [1.29, 1.82) is 0 Å². The molecule has 1 heterocycles. The standard InChI is InChI=1S/C15H19N3O2/c1-10(2)17-14(19)7-8-15(20)18-13-6-4-5-11(3)12(13)9-16-18/h4-6,9-10H,7-8H2,1-3H3,(H,17,19). The molecule has 0 aliphatic carbocycles. The molecule has 1 aromatic carbocycles. The molecule has 0 saturated carbocycles. The van der Waals surface area contributed by atoms with E-state index in [-0.39, 0.29) is 30.7 Å². The van der Waals surface area contributed by atoms with Gasteiger partial charge in [0.15, 0.2) is 0 Å². The number of nitrogens with one attached hydrogen (secondary N) is 1. The number of hydrogen-bond donors (Lipinski definition) is 1. The number of hydrogen-bond acceptors (Lipinski definition) is 3. The Labute approximate surface area is 118 Å². The van der Waals surface area contributed by atoms with Crippen LogP contribution in [0.15, 0.2) is 24.4 Å². The number of amides is 1. The first-order valence-electron chi connectivity index (χ1n) is 6.75. The maximum absolute atomic E-state index is 12.1. The molecule has 5 nitrogen and oxygen atoms in total. The van der Waals surface area contributed by atoms with Gasteiger partial charge in [-0.25, -0.2) is 4.68 Å². The quantitative estimate of drug-likeness (QED) is 0.929. The zero-order chi connectivity index (χ0) is 14.7. The van der Waals surface area contributed by atoms with Crippen molar-refractivity contribution in [3.05, 3.63) is 30.0 Å². The van der Waals surface area contributed by atoms with E-state index in [1.807, 2.05) is 39.0 Å². The summed E-state index contributed by atoms with van der Waals surface area (Å²) < 4.78 is 1.38. The average molecular weight is 273 g/mol. The largest absolute Gasteiger partial charge is 0.354 e.